The summed E-state index contributed by atoms with van der Waals surface area (Å²) in [5.74, 6) is -1.12. The average molecular weight is 304 g/mol. The first-order chi connectivity index (χ1) is 10.1. The van der Waals surface area contributed by atoms with Crippen LogP contribution < -0.4 is 5.32 Å². The third-order valence-electron chi connectivity index (χ3n) is 3.00. The van der Waals surface area contributed by atoms with Crippen LogP contribution >= 0.6 is 11.3 Å². The maximum absolute atomic E-state index is 12.1. The van der Waals surface area contributed by atoms with Gasteiger partial charge in [0, 0.05) is 23.7 Å². The molecule has 0 aliphatic carbocycles. The van der Waals surface area contributed by atoms with Gasteiger partial charge in [0.25, 0.3) is 5.91 Å². The number of aliphatic carboxylic acids is 1. The molecule has 2 rings (SSSR count). The lowest BCUT2D eigenvalue weighted by molar-refractivity contribution is -0.131. The zero-order valence-corrected chi connectivity index (χ0v) is 12.4. The van der Waals surface area contributed by atoms with Gasteiger partial charge in [-0.25, -0.2) is 4.79 Å². The number of carboxylic acid groups (broad SMARTS) is 1. The molecule has 0 aliphatic rings. The van der Waals surface area contributed by atoms with Crippen LogP contribution in [0.5, 0.6) is 0 Å². The summed E-state index contributed by atoms with van der Waals surface area (Å²) in [5.41, 5.74) is 1.44. The number of amides is 1. The van der Waals surface area contributed by atoms with Gasteiger partial charge in [0.1, 0.15) is 5.69 Å². The topological polar surface area (TPSA) is 71.3 Å². The summed E-state index contributed by atoms with van der Waals surface area (Å²) >= 11 is 1.48. The number of carbonyl (C=O) groups excluding carboxylic acids is 1. The summed E-state index contributed by atoms with van der Waals surface area (Å²) in [6.07, 6.45) is 4.49. The first-order valence-electron chi connectivity index (χ1n) is 6.52. The van der Waals surface area contributed by atoms with Gasteiger partial charge in [-0.3, -0.25) is 4.79 Å². The van der Waals surface area contributed by atoms with Gasteiger partial charge in [0.15, 0.2) is 0 Å². The number of hydrogen-bond acceptors (Lipinski definition) is 3. The SMILES string of the molecule is CCn1cccc1C(=O)NCc1sccc1/C=C/C(=O)O. The Labute approximate surface area is 126 Å². The second-order valence-electron chi connectivity index (χ2n) is 4.33. The molecule has 0 aromatic carbocycles. The van der Waals surface area contributed by atoms with Crippen LogP contribution in [0.25, 0.3) is 6.08 Å². The maximum Gasteiger partial charge on any atom is 0.328 e. The van der Waals surface area contributed by atoms with Gasteiger partial charge in [-0.2, -0.15) is 0 Å². The molecular weight excluding hydrogens is 288 g/mol. The van der Waals surface area contributed by atoms with Crippen molar-refractivity contribution in [2.75, 3.05) is 0 Å². The molecule has 6 heteroatoms. The largest absolute Gasteiger partial charge is 0.478 e. The number of nitrogens with one attached hydrogen (secondary N) is 1. The van der Waals surface area contributed by atoms with Crippen molar-refractivity contribution in [1.29, 1.82) is 0 Å². The van der Waals surface area contributed by atoms with Gasteiger partial charge < -0.3 is 15.0 Å². The zero-order valence-electron chi connectivity index (χ0n) is 11.6. The van der Waals surface area contributed by atoms with Crippen molar-refractivity contribution in [1.82, 2.24) is 9.88 Å². The second-order valence-corrected chi connectivity index (χ2v) is 5.33. The fourth-order valence-corrected chi connectivity index (χ4v) is 2.76. The van der Waals surface area contributed by atoms with Gasteiger partial charge in [-0.15, -0.1) is 11.3 Å². The highest BCUT2D eigenvalue weighted by atomic mass is 32.1. The lowest BCUT2D eigenvalue weighted by atomic mass is 10.2. The molecule has 0 saturated heterocycles. The van der Waals surface area contributed by atoms with Crippen molar-refractivity contribution >= 4 is 29.3 Å². The molecule has 0 saturated carbocycles. The van der Waals surface area contributed by atoms with E-state index in [1.807, 2.05) is 35.2 Å². The van der Waals surface area contributed by atoms with E-state index >= 15 is 0 Å². The molecule has 2 aromatic rings. The molecule has 110 valence electrons. The predicted octanol–water partition coefficient (Wildman–Crippen LogP) is 2.60. The van der Waals surface area contributed by atoms with Gasteiger partial charge in [0.05, 0.1) is 6.54 Å². The Kier molecular flexibility index (Phi) is 4.94. The van der Waals surface area contributed by atoms with E-state index in [1.54, 1.807) is 6.07 Å². The quantitative estimate of drug-likeness (QED) is 0.806. The van der Waals surface area contributed by atoms with E-state index in [1.165, 1.54) is 17.4 Å². The fourth-order valence-electron chi connectivity index (χ4n) is 1.95. The van der Waals surface area contributed by atoms with E-state index in [9.17, 15) is 9.59 Å². The van der Waals surface area contributed by atoms with Crippen molar-refractivity contribution < 1.29 is 14.7 Å². The Balaban J connectivity index is 2.02. The number of hydrogen-bond donors (Lipinski definition) is 2. The normalized spacial score (nSPS) is 10.9. The van der Waals surface area contributed by atoms with Crippen molar-refractivity contribution in [2.45, 2.75) is 20.0 Å². The van der Waals surface area contributed by atoms with Gasteiger partial charge in [-0.1, -0.05) is 0 Å². The number of aryl methyl sites for hydroxylation is 1. The van der Waals surface area contributed by atoms with Crippen molar-refractivity contribution in [3.8, 4) is 0 Å². The van der Waals surface area contributed by atoms with Crippen molar-refractivity contribution in [3.05, 3.63) is 52.0 Å². The Hall–Kier alpha value is -2.34. The average Bonchev–Trinajstić information content (AvgIpc) is 3.10. The molecule has 0 radical (unpaired) electrons. The smallest absolute Gasteiger partial charge is 0.328 e. The molecule has 0 fully saturated rings. The summed E-state index contributed by atoms with van der Waals surface area (Å²) in [6, 6.07) is 5.45. The number of rotatable bonds is 6. The summed E-state index contributed by atoms with van der Waals surface area (Å²) in [5, 5.41) is 13.4. The van der Waals surface area contributed by atoms with Crippen LogP contribution in [0, 0.1) is 0 Å². The molecule has 0 aliphatic heterocycles. The Morgan fingerprint density at radius 3 is 2.95 bits per heavy atom. The Bertz CT molecular complexity index is 670. The van der Waals surface area contributed by atoms with Crippen LogP contribution in [0.2, 0.25) is 0 Å². The van der Waals surface area contributed by atoms with E-state index in [4.69, 9.17) is 5.11 Å². The first-order valence-corrected chi connectivity index (χ1v) is 7.40. The third-order valence-corrected chi connectivity index (χ3v) is 3.93. The highest BCUT2D eigenvalue weighted by Crippen LogP contribution is 2.18. The van der Waals surface area contributed by atoms with E-state index in [0.29, 0.717) is 12.2 Å². The molecule has 0 unspecified atom stereocenters. The summed E-state index contributed by atoms with van der Waals surface area (Å²) in [7, 11) is 0. The molecule has 2 N–H and O–H groups in total. The Morgan fingerprint density at radius 2 is 2.24 bits per heavy atom. The van der Waals surface area contributed by atoms with Gasteiger partial charge in [-0.05, 0) is 42.1 Å². The molecule has 0 spiro atoms. The highest BCUT2D eigenvalue weighted by Gasteiger charge is 2.10. The standard InChI is InChI=1S/C15H16N2O3S/c1-2-17-8-3-4-12(17)15(20)16-10-13-11(7-9-21-13)5-6-14(18)19/h3-9H,2,10H2,1H3,(H,16,20)(H,18,19)/b6-5+. The van der Waals surface area contributed by atoms with E-state index < -0.39 is 5.97 Å². The summed E-state index contributed by atoms with van der Waals surface area (Å²) < 4.78 is 1.87. The minimum absolute atomic E-state index is 0.136. The summed E-state index contributed by atoms with van der Waals surface area (Å²) in [6.45, 7) is 3.09. The van der Waals surface area contributed by atoms with Crippen LogP contribution in [-0.4, -0.2) is 21.6 Å². The predicted molar refractivity (Wildman–Crippen MR) is 82.3 cm³/mol. The lowest BCUT2D eigenvalue weighted by Gasteiger charge is -2.07. The number of nitrogens with zero attached hydrogens (tertiary/aromatic N) is 1. The number of carboxylic acids is 1. The maximum atomic E-state index is 12.1. The molecule has 1 amide bonds. The van der Waals surface area contributed by atoms with Crippen LogP contribution in [0.1, 0.15) is 27.9 Å². The minimum Gasteiger partial charge on any atom is -0.478 e. The molecule has 5 nitrogen and oxygen atoms in total. The molecular formula is C15H16N2O3S. The molecule has 0 bridgehead atoms. The second kappa shape index (κ2) is 6.90. The molecule has 2 aromatic heterocycles. The number of thiophene rings is 1. The third kappa shape index (κ3) is 3.82. The molecule has 21 heavy (non-hydrogen) atoms. The van der Waals surface area contributed by atoms with Crippen LogP contribution in [0.15, 0.2) is 35.9 Å². The highest BCUT2D eigenvalue weighted by molar-refractivity contribution is 7.10. The van der Waals surface area contributed by atoms with Gasteiger partial charge in [0.2, 0.25) is 0 Å². The summed E-state index contributed by atoms with van der Waals surface area (Å²) in [4.78, 5) is 23.6. The first kappa shape index (κ1) is 15.1. The van der Waals surface area contributed by atoms with Crippen LogP contribution in [0.4, 0.5) is 0 Å². The monoisotopic (exact) mass is 304 g/mol. The Morgan fingerprint density at radius 1 is 1.43 bits per heavy atom. The fraction of sp³-hybridized carbons (Fsp3) is 0.200. The van der Waals surface area contributed by atoms with Crippen LogP contribution in [-0.2, 0) is 17.9 Å². The van der Waals surface area contributed by atoms with Crippen molar-refractivity contribution in [3.63, 3.8) is 0 Å². The molecule has 0 atom stereocenters. The van der Waals surface area contributed by atoms with E-state index in [-0.39, 0.29) is 5.91 Å². The lowest BCUT2D eigenvalue weighted by Crippen LogP contribution is -2.25. The van der Waals surface area contributed by atoms with Crippen LogP contribution in [0.3, 0.4) is 0 Å². The zero-order chi connectivity index (χ0) is 15.2. The van der Waals surface area contributed by atoms with Crippen molar-refractivity contribution in [2.24, 2.45) is 0 Å². The van der Waals surface area contributed by atoms with E-state index in [2.05, 4.69) is 5.32 Å². The molecule has 2 heterocycles. The minimum atomic E-state index is -0.989. The number of aromatic nitrogens is 1. The van der Waals surface area contributed by atoms with E-state index in [0.717, 1.165) is 23.1 Å². The van der Waals surface area contributed by atoms with Gasteiger partial charge >= 0.3 is 5.97 Å². The number of carbonyl (C=O) groups is 2.